The molecule has 0 saturated heterocycles. The number of rotatable bonds is 3. The molecule has 9 heavy (non-hydrogen) atoms. The Kier molecular flexibility index (Phi) is 3.66. The third kappa shape index (κ3) is 6.25. The van der Waals surface area contributed by atoms with E-state index in [0.29, 0.717) is 0 Å². The highest BCUT2D eigenvalue weighted by Gasteiger charge is 2.28. The zero-order chi connectivity index (χ0) is 7.49. The molecule has 0 heterocycles. The Bertz CT molecular complexity index is 80.4. The first-order chi connectivity index (χ1) is 3.95. The van der Waals surface area contributed by atoms with E-state index < -0.39 is 23.9 Å². The molecule has 0 saturated carbocycles. The van der Waals surface area contributed by atoms with Crippen LogP contribution in [0, 0.1) is 0 Å². The summed E-state index contributed by atoms with van der Waals surface area (Å²) in [5, 5.41) is -3.46. The quantitative estimate of drug-likeness (QED) is 0.587. The maximum atomic E-state index is 11.9. The molecular formula is C4H5Cl2F3. The third-order valence-electron chi connectivity index (χ3n) is 0.620. The Hall–Kier alpha value is 0.370. The summed E-state index contributed by atoms with van der Waals surface area (Å²) in [4.78, 5) is 0. The minimum atomic E-state index is -3.46. The van der Waals surface area contributed by atoms with Gasteiger partial charge in [-0.05, 0) is 11.6 Å². The lowest BCUT2D eigenvalue weighted by atomic mass is 10.3. The molecule has 0 aromatic rings. The second-order valence-electron chi connectivity index (χ2n) is 1.57. The van der Waals surface area contributed by atoms with Crippen molar-refractivity contribution in [2.45, 2.75) is 18.0 Å². The lowest BCUT2D eigenvalue weighted by Gasteiger charge is -2.08. The van der Waals surface area contributed by atoms with E-state index in [-0.39, 0.29) is 0 Å². The molecule has 0 rings (SSSR count). The van der Waals surface area contributed by atoms with Gasteiger partial charge < -0.3 is 0 Å². The van der Waals surface area contributed by atoms with Gasteiger partial charge >= 0.3 is 5.38 Å². The summed E-state index contributed by atoms with van der Waals surface area (Å²) in [6.45, 7) is 0. The fourth-order valence-corrected chi connectivity index (χ4v) is 0.582. The molecule has 0 radical (unpaired) electrons. The van der Waals surface area contributed by atoms with Gasteiger partial charge in [-0.3, -0.25) is 0 Å². The number of hydrogen-bond acceptors (Lipinski definition) is 0. The first-order valence-corrected chi connectivity index (χ1v) is 3.13. The molecule has 0 aliphatic carbocycles. The van der Waals surface area contributed by atoms with E-state index in [1.807, 2.05) is 0 Å². The number of alkyl halides is 5. The van der Waals surface area contributed by atoms with Gasteiger partial charge in [-0.15, -0.1) is 11.6 Å². The number of hydrogen-bond donors (Lipinski definition) is 0. The molecule has 0 aliphatic rings. The van der Waals surface area contributed by atoms with Gasteiger partial charge in [-0.1, -0.05) is 0 Å². The Morgan fingerprint density at radius 2 is 1.89 bits per heavy atom. The fourth-order valence-electron chi connectivity index (χ4n) is 0.306. The second-order valence-corrected chi connectivity index (χ2v) is 2.43. The molecule has 0 N–H and O–H groups in total. The van der Waals surface area contributed by atoms with Gasteiger partial charge in [0.15, 0.2) is 0 Å². The van der Waals surface area contributed by atoms with E-state index in [4.69, 9.17) is 11.6 Å². The summed E-state index contributed by atoms with van der Waals surface area (Å²) in [5.74, 6) is -0.442. The highest BCUT2D eigenvalue weighted by molar-refractivity contribution is 6.22. The van der Waals surface area contributed by atoms with E-state index >= 15 is 0 Å². The van der Waals surface area contributed by atoms with Crippen molar-refractivity contribution < 1.29 is 13.2 Å². The van der Waals surface area contributed by atoms with Gasteiger partial charge in [0, 0.05) is 0 Å². The minimum absolute atomic E-state index is 0.442. The second kappa shape index (κ2) is 3.52. The molecular weight excluding hydrogens is 176 g/mol. The van der Waals surface area contributed by atoms with Crippen LogP contribution in [0.2, 0.25) is 0 Å². The monoisotopic (exact) mass is 180 g/mol. The fraction of sp³-hybridized carbons (Fsp3) is 1.00. The van der Waals surface area contributed by atoms with Crippen LogP contribution in [0.1, 0.15) is 6.42 Å². The predicted octanol–water partition coefficient (Wildman–Crippen LogP) is 2.79. The minimum Gasteiger partial charge on any atom is -0.246 e. The normalized spacial score (nSPS) is 15.7. The Labute approximate surface area is 60.9 Å². The van der Waals surface area contributed by atoms with Crippen molar-refractivity contribution in [1.82, 2.24) is 0 Å². The third-order valence-corrected chi connectivity index (χ3v) is 1.11. The molecule has 0 aliphatic heterocycles. The molecule has 0 aromatic heterocycles. The zero-order valence-electron chi connectivity index (χ0n) is 4.38. The van der Waals surface area contributed by atoms with Crippen LogP contribution in [0.4, 0.5) is 13.2 Å². The molecule has 56 valence electrons. The molecule has 0 bridgehead atoms. The molecule has 5 heteroatoms. The van der Waals surface area contributed by atoms with Gasteiger partial charge in [0.2, 0.25) is 0 Å². The van der Waals surface area contributed by atoms with Gasteiger partial charge in [-0.2, -0.15) is 8.78 Å². The Morgan fingerprint density at radius 1 is 1.44 bits per heavy atom. The van der Waals surface area contributed by atoms with Crippen molar-refractivity contribution in [3.63, 3.8) is 0 Å². The SMILES string of the molecule is FC(CCl)CC(F)(F)Cl. The first kappa shape index (κ1) is 9.37. The largest absolute Gasteiger partial charge is 0.324 e. The van der Waals surface area contributed by atoms with Crippen LogP contribution in [-0.4, -0.2) is 17.4 Å². The molecule has 0 amide bonds. The maximum Gasteiger partial charge on any atom is 0.324 e. The first-order valence-electron chi connectivity index (χ1n) is 2.22. The molecule has 0 spiro atoms. The molecule has 0 aromatic carbocycles. The topological polar surface area (TPSA) is 0 Å². The lowest BCUT2D eigenvalue weighted by Crippen LogP contribution is -2.15. The van der Waals surface area contributed by atoms with Crippen LogP contribution in [0.3, 0.4) is 0 Å². The van der Waals surface area contributed by atoms with Crippen molar-refractivity contribution >= 4 is 23.2 Å². The van der Waals surface area contributed by atoms with Crippen LogP contribution >= 0.6 is 23.2 Å². The van der Waals surface area contributed by atoms with E-state index in [0.717, 1.165) is 0 Å². The van der Waals surface area contributed by atoms with Crippen molar-refractivity contribution in [3.05, 3.63) is 0 Å². The van der Waals surface area contributed by atoms with Crippen LogP contribution in [0.5, 0.6) is 0 Å². The summed E-state index contributed by atoms with van der Waals surface area (Å²) >= 11 is 9.27. The summed E-state index contributed by atoms with van der Waals surface area (Å²) in [7, 11) is 0. The molecule has 0 fully saturated rings. The average Bonchev–Trinajstić information content (AvgIpc) is 1.62. The Balaban J connectivity index is 3.47. The van der Waals surface area contributed by atoms with Crippen molar-refractivity contribution in [2.75, 3.05) is 5.88 Å². The summed E-state index contributed by atoms with van der Waals surface area (Å²) < 4.78 is 35.2. The van der Waals surface area contributed by atoms with Crippen LogP contribution in [-0.2, 0) is 0 Å². The molecule has 1 unspecified atom stereocenters. The van der Waals surface area contributed by atoms with E-state index in [1.54, 1.807) is 0 Å². The van der Waals surface area contributed by atoms with Crippen molar-refractivity contribution in [3.8, 4) is 0 Å². The van der Waals surface area contributed by atoms with E-state index in [2.05, 4.69) is 11.6 Å². The molecule has 0 nitrogen and oxygen atoms in total. The van der Waals surface area contributed by atoms with Gasteiger partial charge in [0.1, 0.15) is 6.17 Å². The Morgan fingerprint density at radius 3 is 2.00 bits per heavy atom. The van der Waals surface area contributed by atoms with Crippen LogP contribution in [0.15, 0.2) is 0 Å². The number of halogens is 5. The van der Waals surface area contributed by atoms with E-state index in [1.165, 1.54) is 0 Å². The summed E-state index contributed by atoms with van der Waals surface area (Å²) in [6.07, 6.45) is -2.74. The lowest BCUT2D eigenvalue weighted by molar-refractivity contribution is 0.0607. The van der Waals surface area contributed by atoms with Crippen molar-refractivity contribution in [2.24, 2.45) is 0 Å². The average molecular weight is 181 g/mol. The van der Waals surface area contributed by atoms with Gasteiger partial charge in [0.05, 0.1) is 12.3 Å². The smallest absolute Gasteiger partial charge is 0.246 e. The standard InChI is InChI=1S/C4H5Cl2F3/c5-2-3(7)1-4(6,8)9/h3H,1-2H2. The highest BCUT2D eigenvalue weighted by Crippen LogP contribution is 2.26. The predicted molar refractivity (Wildman–Crippen MR) is 31.0 cm³/mol. The molecule has 1 atom stereocenters. The van der Waals surface area contributed by atoms with Crippen LogP contribution < -0.4 is 0 Å². The van der Waals surface area contributed by atoms with Crippen molar-refractivity contribution in [1.29, 1.82) is 0 Å². The van der Waals surface area contributed by atoms with Gasteiger partial charge in [-0.25, -0.2) is 4.39 Å². The van der Waals surface area contributed by atoms with Gasteiger partial charge in [0.25, 0.3) is 0 Å². The van der Waals surface area contributed by atoms with Crippen LogP contribution in [0.25, 0.3) is 0 Å². The summed E-state index contributed by atoms with van der Waals surface area (Å²) in [6, 6.07) is 0. The van der Waals surface area contributed by atoms with E-state index in [9.17, 15) is 13.2 Å². The zero-order valence-corrected chi connectivity index (χ0v) is 5.89. The highest BCUT2D eigenvalue weighted by atomic mass is 35.5. The summed E-state index contributed by atoms with van der Waals surface area (Å²) in [5.41, 5.74) is 0. The maximum absolute atomic E-state index is 11.9.